The highest BCUT2D eigenvalue weighted by atomic mass is 31.1. The van der Waals surface area contributed by atoms with E-state index in [2.05, 4.69) is 4.52 Å². The molecule has 1 aliphatic rings. The van der Waals surface area contributed by atoms with Crippen molar-refractivity contribution in [1.82, 2.24) is 0 Å². The molecular weight excluding hydrogens is 259 g/mol. The molecule has 6 nitrogen and oxygen atoms in total. The summed E-state index contributed by atoms with van der Waals surface area (Å²) in [5, 5.41) is 9.26. The fourth-order valence-corrected chi connectivity index (χ4v) is 2.37. The van der Waals surface area contributed by atoms with E-state index in [-0.39, 0.29) is 19.2 Å². The van der Waals surface area contributed by atoms with Gasteiger partial charge in [0.2, 0.25) is 0 Å². The van der Waals surface area contributed by atoms with Gasteiger partial charge in [-0.25, -0.2) is 0 Å². The normalized spacial score (nSPS) is 18.7. The van der Waals surface area contributed by atoms with Crippen LogP contribution in [0.3, 0.4) is 0 Å². The zero-order chi connectivity index (χ0) is 13.4. The summed E-state index contributed by atoms with van der Waals surface area (Å²) in [6.45, 7) is -0.610. The number of carbonyl (C=O) groups is 1. The Labute approximate surface area is 107 Å². The molecule has 1 saturated carbocycles. The van der Waals surface area contributed by atoms with Crippen molar-refractivity contribution >= 4 is 14.2 Å². The number of esters is 1. The van der Waals surface area contributed by atoms with E-state index >= 15 is 0 Å². The topological polar surface area (TPSA) is 95.9 Å². The van der Waals surface area contributed by atoms with E-state index in [0.29, 0.717) is 12.3 Å². The fraction of sp³-hybridized carbons (Fsp3) is 0.909. The van der Waals surface area contributed by atoms with Crippen molar-refractivity contribution in [2.45, 2.75) is 44.6 Å². The van der Waals surface area contributed by atoms with Gasteiger partial charge in [-0.1, -0.05) is 25.7 Å². The third kappa shape index (κ3) is 7.01. The van der Waals surface area contributed by atoms with Gasteiger partial charge in [-0.15, -0.1) is 4.52 Å². The minimum Gasteiger partial charge on any atom is -0.566 e. The van der Waals surface area contributed by atoms with Gasteiger partial charge in [0.15, 0.2) is 0 Å². The number of hydrogen-bond acceptors (Lipinski definition) is 6. The Bertz CT molecular complexity index is 277. The standard InChI is InChI=1S/C11H19O6P/c12-10(8-17-18(14)15)7-16-11(13)6-5-9-3-1-2-4-9/h9-10,12H,1-8H2. The summed E-state index contributed by atoms with van der Waals surface area (Å²) in [6, 6.07) is 0. The molecule has 0 saturated heterocycles. The summed E-state index contributed by atoms with van der Waals surface area (Å²) >= 11 is 0. The Morgan fingerprint density at radius 3 is 2.67 bits per heavy atom. The van der Waals surface area contributed by atoms with E-state index in [9.17, 15) is 19.4 Å². The fourth-order valence-electron chi connectivity index (χ4n) is 2.08. The lowest BCUT2D eigenvalue weighted by Gasteiger charge is -2.10. The molecule has 1 fully saturated rings. The molecule has 0 radical (unpaired) electrons. The predicted octanol–water partition coefficient (Wildman–Crippen LogP) is 0.895. The maximum Gasteiger partial charge on any atom is 0.488 e. The molecule has 0 heterocycles. The maximum atomic E-state index is 11.3. The number of aliphatic hydroxyl groups excluding tert-OH is 1. The second-order valence-corrected chi connectivity index (χ2v) is 5.25. The van der Waals surface area contributed by atoms with E-state index in [4.69, 9.17) is 4.74 Å². The highest BCUT2D eigenvalue weighted by molar-refractivity contribution is 7.30. The largest absolute Gasteiger partial charge is 0.566 e. The van der Waals surface area contributed by atoms with Crippen LogP contribution in [0, 0.1) is 5.92 Å². The van der Waals surface area contributed by atoms with Gasteiger partial charge in [0.05, 0.1) is 0 Å². The predicted molar refractivity (Wildman–Crippen MR) is 61.7 cm³/mol. The van der Waals surface area contributed by atoms with Gasteiger partial charge in [-0.05, 0) is 16.9 Å². The molecule has 0 aromatic heterocycles. The van der Waals surface area contributed by atoms with Crippen molar-refractivity contribution < 1.29 is 28.6 Å². The van der Waals surface area contributed by atoms with Crippen molar-refractivity contribution in [1.29, 1.82) is 0 Å². The first-order valence-electron chi connectivity index (χ1n) is 6.19. The molecule has 1 rings (SSSR count). The minimum absolute atomic E-state index is 0.229. The quantitative estimate of drug-likeness (QED) is 0.523. The van der Waals surface area contributed by atoms with Crippen LogP contribution >= 0.6 is 8.25 Å². The van der Waals surface area contributed by atoms with Gasteiger partial charge < -0.3 is 14.7 Å². The summed E-state index contributed by atoms with van der Waals surface area (Å²) in [5.41, 5.74) is 0. The van der Waals surface area contributed by atoms with E-state index in [1.165, 1.54) is 25.7 Å². The number of carbonyl (C=O) groups excluding carboxylic acids is 1. The van der Waals surface area contributed by atoms with Crippen LogP contribution in [-0.2, 0) is 18.6 Å². The van der Waals surface area contributed by atoms with Gasteiger partial charge in [-0.2, -0.15) is 0 Å². The second-order valence-electron chi connectivity index (χ2n) is 4.55. The summed E-state index contributed by atoms with van der Waals surface area (Å²) in [6.07, 6.45) is 4.92. The number of rotatable bonds is 8. The van der Waals surface area contributed by atoms with Crippen molar-refractivity contribution in [3.63, 3.8) is 0 Å². The molecule has 0 spiro atoms. The van der Waals surface area contributed by atoms with Crippen molar-refractivity contribution in [2.24, 2.45) is 5.92 Å². The summed E-state index contributed by atoms with van der Waals surface area (Å²) in [5.74, 6) is 0.266. The molecular formula is C11H19O6P. The highest BCUT2D eigenvalue weighted by Crippen LogP contribution is 2.28. The molecule has 0 aromatic rings. The second kappa shape index (κ2) is 8.53. The summed E-state index contributed by atoms with van der Waals surface area (Å²) < 4.78 is 19.1. The lowest BCUT2D eigenvalue weighted by Crippen LogP contribution is -2.23. The van der Waals surface area contributed by atoms with Crippen LogP contribution in [0.1, 0.15) is 38.5 Å². The molecule has 1 aliphatic carbocycles. The molecule has 2 atom stereocenters. The first-order valence-corrected chi connectivity index (χ1v) is 7.28. The summed E-state index contributed by atoms with van der Waals surface area (Å²) in [7, 11) is -2.97. The van der Waals surface area contributed by atoms with E-state index in [1.54, 1.807) is 0 Å². The van der Waals surface area contributed by atoms with Gasteiger partial charge in [-0.3, -0.25) is 4.79 Å². The Morgan fingerprint density at radius 2 is 2.06 bits per heavy atom. The third-order valence-corrected chi connectivity index (χ3v) is 3.40. The Kier molecular flexibility index (Phi) is 7.35. The van der Waals surface area contributed by atoms with Crippen molar-refractivity contribution in [2.75, 3.05) is 13.2 Å². The zero-order valence-corrected chi connectivity index (χ0v) is 11.1. The SMILES string of the molecule is O=C(CCC1CCCC1)OCC(O)CO[P+](=O)[O-]. The molecule has 0 bridgehead atoms. The van der Waals surface area contributed by atoms with Crippen LogP contribution < -0.4 is 4.89 Å². The molecule has 2 unspecified atom stereocenters. The average molecular weight is 278 g/mol. The van der Waals surface area contributed by atoms with Crippen LogP contribution in [0.25, 0.3) is 0 Å². The lowest BCUT2D eigenvalue weighted by atomic mass is 10.0. The zero-order valence-electron chi connectivity index (χ0n) is 10.2. The van der Waals surface area contributed by atoms with E-state index < -0.39 is 14.4 Å². The van der Waals surface area contributed by atoms with Gasteiger partial charge in [0, 0.05) is 6.42 Å². The molecule has 1 N–H and O–H groups in total. The Morgan fingerprint density at radius 1 is 1.39 bits per heavy atom. The van der Waals surface area contributed by atoms with Crippen LogP contribution in [0.4, 0.5) is 0 Å². The first kappa shape index (κ1) is 15.5. The average Bonchev–Trinajstić information content (AvgIpc) is 2.84. The first-order chi connectivity index (χ1) is 8.58. The Balaban J connectivity index is 2.03. The molecule has 18 heavy (non-hydrogen) atoms. The lowest BCUT2D eigenvalue weighted by molar-refractivity contribution is -0.187. The highest BCUT2D eigenvalue weighted by Gasteiger charge is 2.17. The monoisotopic (exact) mass is 278 g/mol. The smallest absolute Gasteiger partial charge is 0.488 e. The summed E-state index contributed by atoms with van der Waals surface area (Å²) in [4.78, 5) is 21.4. The van der Waals surface area contributed by atoms with E-state index in [1.807, 2.05) is 0 Å². The third-order valence-electron chi connectivity index (χ3n) is 3.04. The van der Waals surface area contributed by atoms with E-state index in [0.717, 1.165) is 6.42 Å². The maximum absolute atomic E-state index is 11.3. The number of hydrogen-bond donors (Lipinski definition) is 1. The Hall–Kier alpha value is -0.550. The number of aliphatic hydroxyl groups is 1. The van der Waals surface area contributed by atoms with Crippen LogP contribution in [0.2, 0.25) is 0 Å². The minimum atomic E-state index is -2.97. The number of ether oxygens (including phenoxy) is 1. The van der Waals surface area contributed by atoms with Crippen LogP contribution in [0.15, 0.2) is 0 Å². The van der Waals surface area contributed by atoms with Crippen molar-refractivity contribution in [3.05, 3.63) is 0 Å². The molecule has 0 amide bonds. The van der Waals surface area contributed by atoms with Gasteiger partial charge in [0.25, 0.3) is 0 Å². The van der Waals surface area contributed by atoms with Crippen LogP contribution in [0.5, 0.6) is 0 Å². The van der Waals surface area contributed by atoms with Gasteiger partial charge >= 0.3 is 14.2 Å². The molecule has 0 aromatic carbocycles. The molecule has 104 valence electrons. The van der Waals surface area contributed by atoms with Crippen LogP contribution in [-0.4, -0.2) is 30.4 Å². The van der Waals surface area contributed by atoms with Gasteiger partial charge in [0.1, 0.15) is 19.3 Å². The molecule has 0 aliphatic heterocycles. The molecule has 7 heteroatoms. The van der Waals surface area contributed by atoms with Crippen molar-refractivity contribution in [3.8, 4) is 0 Å².